The first-order valence-electron chi connectivity index (χ1n) is 6.47. The normalized spacial score (nSPS) is 10.1. The summed E-state index contributed by atoms with van der Waals surface area (Å²) in [7, 11) is 0. The molecule has 0 aliphatic carbocycles. The lowest BCUT2D eigenvalue weighted by Crippen LogP contribution is -2.07. The third kappa shape index (κ3) is 5.29. The van der Waals surface area contributed by atoms with Gasteiger partial charge in [0.1, 0.15) is 0 Å². The van der Waals surface area contributed by atoms with Crippen LogP contribution in [0.1, 0.15) is 19.3 Å². The second-order valence-corrected chi connectivity index (χ2v) is 4.06. The standard InChI is InChI=1S/C13H18N6/c1(2-6-14-12-16-8-4-9-17-12)3-7-15-13-18-10-5-11-19-13/h4-5,8-11H,1-3,6-7H2,(H,14,16,17)(H,15,18,19). The molecule has 6 heteroatoms. The van der Waals surface area contributed by atoms with Gasteiger partial charge in [-0.15, -0.1) is 0 Å². The van der Waals surface area contributed by atoms with Gasteiger partial charge in [0, 0.05) is 37.9 Å². The van der Waals surface area contributed by atoms with Crippen LogP contribution in [-0.4, -0.2) is 33.0 Å². The van der Waals surface area contributed by atoms with Crippen molar-refractivity contribution in [3.8, 4) is 0 Å². The van der Waals surface area contributed by atoms with Crippen LogP contribution in [0.4, 0.5) is 11.9 Å². The minimum absolute atomic E-state index is 0.693. The van der Waals surface area contributed by atoms with E-state index in [4.69, 9.17) is 0 Å². The van der Waals surface area contributed by atoms with Crippen molar-refractivity contribution < 1.29 is 0 Å². The van der Waals surface area contributed by atoms with Crippen molar-refractivity contribution in [3.63, 3.8) is 0 Å². The predicted octanol–water partition coefficient (Wildman–Crippen LogP) is 1.96. The highest BCUT2D eigenvalue weighted by atomic mass is 15.1. The summed E-state index contributed by atoms with van der Waals surface area (Å²) in [6.07, 6.45) is 10.3. The van der Waals surface area contributed by atoms with E-state index in [2.05, 4.69) is 30.6 Å². The first-order valence-corrected chi connectivity index (χ1v) is 6.47. The van der Waals surface area contributed by atoms with E-state index in [0.717, 1.165) is 32.4 Å². The largest absolute Gasteiger partial charge is 0.354 e. The van der Waals surface area contributed by atoms with Crippen molar-refractivity contribution in [2.24, 2.45) is 0 Å². The summed E-state index contributed by atoms with van der Waals surface area (Å²) >= 11 is 0. The fourth-order valence-electron chi connectivity index (χ4n) is 1.61. The van der Waals surface area contributed by atoms with Crippen LogP contribution in [0.25, 0.3) is 0 Å². The van der Waals surface area contributed by atoms with Crippen molar-refractivity contribution in [3.05, 3.63) is 36.9 Å². The number of nitrogens with zero attached hydrogens (tertiary/aromatic N) is 4. The molecule has 0 aromatic carbocycles. The quantitative estimate of drug-likeness (QED) is 0.705. The summed E-state index contributed by atoms with van der Waals surface area (Å²) in [4.78, 5) is 16.4. The minimum Gasteiger partial charge on any atom is -0.354 e. The molecule has 0 aliphatic rings. The number of aromatic nitrogens is 4. The van der Waals surface area contributed by atoms with Crippen LogP contribution >= 0.6 is 0 Å². The Morgan fingerprint density at radius 3 is 1.47 bits per heavy atom. The molecule has 2 heterocycles. The zero-order valence-corrected chi connectivity index (χ0v) is 10.8. The Balaban J connectivity index is 1.49. The van der Waals surface area contributed by atoms with E-state index < -0.39 is 0 Å². The second-order valence-electron chi connectivity index (χ2n) is 4.06. The van der Waals surface area contributed by atoms with E-state index in [1.54, 1.807) is 24.8 Å². The fraction of sp³-hybridized carbons (Fsp3) is 0.385. The van der Waals surface area contributed by atoms with E-state index in [-0.39, 0.29) is 0 Å². The Morgan fingerprint density at radius 1 is 0.632 bits per heavy atom. The van der Waals surface area contributed by atoms with Crippen LogP contribution in [0.2, 0.25) is 0 Å². The molecule has 0 bridgehead atoms. The molecular formula is C13H18N6. The lowest BCUT2D eigenvalue weighted by molar-refractivity contribution is 0.716. The molecule has 100 valence electrons. The summed E-state index contributed by atoms with van der Waals surface area (Å²) in [5.41, 5.74) is 0. The van der Waals surface area contributed by atoms with Crippen LogP contribution in [0, 0.1) is 0 Å². The SMILES string of the molecule is c1cnc(NCCCCCNc2ncccn2)nc1. The van der Waals surface area contributed by atoms with Gasteiger partial charge in [0.25, 0.3) is 0 Å². The molecule has 2 aromatic rings. The van der Waals surface area contributed by atoms with Crippen LogP contribution in [-0.2, 0) is 0 Å². The molecule has 0 amide bonds. The van der Waals surface area contributed by atoms with Gasteiger partial charge in [0.15, 0.2) is 0 Å². The Kier molecular flexibility index (Phi) is 5.53. The smallest absolute Gasteiger partial charge is 0.222 e. The van der Waals surface area contributed by atoms with Crippen molar-refractivity contribution in [2.45, 2.75) is 19.3 Å². The summed E-state index contributed by atoms with van der Waals surface area (Å²) in [6.45, 7) is 1.79. The number of unbranched alkanes of at least 4 members (excludes halogenated alkanes) is 2. The Hall–Kier alpha value is -2.24. The van der Waals surface area contributed by atoms with Gasteiger partial charge < -0.3 is 10.6 Å². The van der Waals surface area contributed by atoms with E-state index in [1.807, 2.05) is 12.1 Å². The van der Waals surface area contributed by atoms with Gasteiger partial charge >= 0.3 is 0 Å². The minimum atomic E-state index is 0.693. The topological polar surface area (TPSA) is 75.6 Å². The highest BCUT2D eigenvalue weighted by Crippen LogP contribution is 2.00. The fourth-order valence-corrected chi connectivity index (χ4v) is 1.61. The highest BCUT2D eigenvalue weighted by molar-refractivity contribution is 5.22. The van der Waals surface area contributed by atoms with Crippen molar-refractivity contribution in [2.75, 3.05) is 23.7 Å². The monoisotopic (exact) mass is 258 g/mol. The average molecular weight is 258 g/mol. The summed E-state index contributed by atoms with van der Waals surface area (Å²) in [5, 5.41) is 6.37. The zero-order valence-electron chi connectivity index (χ0n) is 10.8. The number of anilines is 2. The summed E-state index contributed by atoms with van der Waals surface area (Å²) < 4.78 is 0. The van der Waals surface area contributed by atoms with Gasteiger partial charge in [-0.2, -0.15) is 0 Å². The zero-order chi connectivity index (χ0) is 13.2. The molecule has 0 unspecified atom stereocenters. The van der Waals surface area contributed by atoms with E-state index >= 15 is 0 Å². The summed E-state index contributed by atoms with van der Waals surface area (Å²) in [6, 6.07) is 3.62. The molecule has 0 atom stereocenters. The van der Waals surface area contributed by atoms with Gasteiger partial charge in [-0.3, -0.25) is 0 Å². The lowest BCUT2D eigenvalue weighted by Gasteiger charge is -2.05. The molecule has 0 radical (unpaired) electrons. The van der Waals surface area contributed by atoms with Gasteiger partial charge in [-0.1, -0.05) is 0 Å². The van der Waals surface area contributed by atoms with Crippen LogP contribution in [0.5, 0.6) is 0 Å². The summed E-state index contributed by atoms with van der Waals surface area (Å²) in [5.74, 6) is 1.39. The van der Waals surface area contributed by atoms with E-state index in [9.17, 15) is 0 Å². The highest BCUT2D eigenvalue weighted by Gasteiger charge is 1.94. The number of nitrogens with one attached hydrogen (secondary N) is 2. The molecule has 0 aliphatic heterocycles. The lowest BCUT2D eigenvalue weighted by atomic mass is 10.2. The van der Waals surface area contributed by atoms with Crippen molar-refractivity contribution in [1.82, 2.24) is 19.9 Å². The molecule has 2 N–H and O–H groups in total. The third-order valence-electron chi connectivity index (χ3n) is 2.55. The number of hydrogen-bond donors (Lipinski definition) is 2. The number of hydrogen-bond acceptors (Lipinski definition) is 6. The van der Waals surface area contributed by atoms with Crippen LogP contribution in [0.15, 0.2) is 36.9 Å². The first-order chi connectivity index (χ1) is 9.45. The maximum atomic E-state index is 4.10. The third-order valence-corrected chi connectivity index (χ3v) is 2.55. The molecule has 2 aromatic heterocycles. The molecule has 2 rings (SSSR count). The Morgan fingerprint density at radius 2 is 1.05 bits per heavy atom. The maximum Gasteiger partial charge on any atom is 0.222 e. The molecule has 0 saturated carbocycles. The Labute approximate surface area is 112 Å². The van der Waals surface area contributed by atoms with E-state index in [1.165, 1.54) is 0 Å². The molecule has 6 nitrogen and oxygen atoms in total. The van der Waals surface area contributed by atoms with E-state index in [0.29, 0.717) is 11.9 Å². The van der Waals surface area contributed by atoms with Gasteiger partial charge in [0.05, 0.1) is 0 Å². The van der Waals surface area contributed by atoms with Crippen LogP contribution < -0.4 is 10.6 Å². The predicted molar refractivity (Wildman–Crippen MR) is 74.9 cm³/mol. The Bertz CT molecular complexity index is 404. The second kappa shape index (κ2) is 7.97. The molecule has 19 heavy (non-hydrogen) atoms. The average Bonchev–Trinajstić information content (AvgIpc) is 2.48. The maximum absolute atomic E-state index is 4.10. The molecule has 0 spiro atoms. The van der Waals surface area contributed by atoms with Crippen molar-refractivity contribution in [1.29, 1.82) is 0 Å². The van der Waals surface area contributed by atoms with Gasteiger partial charge in [-0.05, 0) is 31.4 Å². The molecule has 0 saturated heterocycles. The van der Waals surface area contributed by atoms with Gasteiger partial charge in [0.2, 0.25) is 11.9 Å². The van der Waals surface area contributed by atoms with Gasteiger partial charge in [-0.25, -0.2) is 19.9 Å². The number of rotatable bonds is 8. The van der Waals surface area contributed by atoms with Crippen LogP contribution in [0.3, 0.4) is 0 Å². The molecular weight excluding hydrogens is 240 g/mol. The van der Waals surface area contributed by atoms with Crippen molar-refractivity contribution >= 4 is 11.9 Å². The first kappa shape index (κ1) is 13.2. The molecule has 0 fully saturated rings.